The van der Waals surface area contributed by atoms with E-state index in [0.29, 0.717) is 26.4 Å². The highest BCUT2D eigenvalue weighted by Crippen LogP contribution is 2.24. The highest BCUT2D eigenvalue weighted by Gasteiger charge is 2.55. The maximum Gasteiger partial charge on any atom is 0.687 e. The predicted molar refractivity (Wildman–Crippen MR) is 119 cm³/mol. The molecule has 0 radical (unpaired) electrons. The van der Waals surface area contributed by atoms with Gasteiger partial charge >= 0.3 is 9.05 Å². The van der Waals surface area contributed by atoms with Gasteiger partial charge in [0.1, 0.15) is 0 Å². The molecule has 0 saturated heterocycles. The number of methoxy groups -OCH3 is 4. The summed E-state index contributed by atoms with van der Waals surface area (Å²) in [5.74, 6) is 0. The first-order chi connectivity index (χ1) is 16.0. The Hall–Kier alpha value is -0.263. The van der Waals surface area contributed by atoms with Crippen molar-refractivity contribution in [3.8, 4) is 0 Å². The van der Waals surface area contributed by atoms with Crippen molar-refractivity contribution in [3.05, 3.63) is 0 Å². The third kappa shape index (κ3) is 14.7. The summed E-state index contributed by atoms with van der Waals surface area (Å²) in [6, 6.07) is 0. The van der Waals surface area contributed by atoms with Gasteiger partial charge in [-0.1, -0.05) is 0 Å². The van der Waals surface area contributed by atoms with Crippen molar-refractivity contribution in [1.82, 2.24) is 0 Å². The molecule has 0 spiro atoms. The molecule has 0 aliphatic rings. The minimum absolute atomic E-state index is 0.0927. The minimum Gasteiger partial charge on any atom is -0.379 e. The molecule has 0 aliphatic heterocycles. The van der Waals surface area contributed by atoms with Crippen LogP contribution in [0.4, 0.5) is 0 Å². The fourth-order valence-electron chi connectivity index (χ4n) is 2.56. The summed E-state index contributed by atoms with van der Waals surface area (Å²) in [6.45, 7) is 9.09. The Kier molecular flexibility index (Phi) is 20.9. The van der Waals surface area contributed by atoms with Crippen molar-refractivity contribution < 1.29 is 55.6 Å². The molecule has 4 atom stereocenters. The van der Waals surface area contributed by atoms with Crippen LogP contribution in [0, 0.1) is 0 Å². The second kappa shape index (κ2) is 21.1. The van der Waals surface area contributed by atoms with E-state index in [1.165, 1.54) is 28.4 Å². The fourth-order valence-corrected chi connectivity index (χ4v) is 4.73. The van der Waals surface area contributed by atoms with E-state index < -0.39 is 34.2 Å². The lowest BCUT2D eigenvalue weighted by molar-refractivity contribution is -0.259. The molecule has 0 N–H and O–H groups in total. The van der Waals surface area contributed by atoms with Crippen LogP contribution in [0.15, 0.2) is 0 Å². The Labute approximate surface area is 199 Å². The molecule has 0 aliphatic carbocycles. The van der Waals surface area contributed by atoms with E-state index in [-0.39, 0.29) is 26.4 Å². The second-order valence-electron chi connectivity index (χ2n) is 6.33. The molecule has 12 nitrogen and oxygen atoms in total. The molecule has 0 amide bonds. The zero-order chi connectivity index (χ0) is 25.0. The van der Waals surface area contributed by atoms with E-state index in [9.17, 15) is 0 Å². The molecule has 0 heterocycles. The van der Waals surface area contributed by atoms with Gasteiger partial charge in [0, 0.05) is 54.9 Å². The number of rotatable bonds is 24. The molecular formula is C20H44O12Si. The summed E-state index contributed by atoms with van der Waals surface area (Å²) in [7, 11) is 1.93. The molecule has 0 aromatic carbocycles. The minimum atomic E-state index is -4.17. The van der Waals surface area contributed by atoms with Gasteiger partial charge in [0.05, 0.1) is 26.4 Å². The summed E-state index contributed by atoms with van der Waals surface area (Å²) >= 11 is 0. The van der Waals surface area contributed by atoms with Gasteiger partial charge in [0.2, 0.25) is 0 Å². The SMILES string of the molecule is CCOC(COC)O[Si](OC(COC)OCC)(OC(COC)OCC)OC(COC)OCC. The summed E-state index contributed by atoms with van der Waals surface area (Å²) in [5.41, 5.74) is 0. The van der Waals surface area contributed by atoms with Gasteiger partial charge in [-0.05, 0) is 27.7 Å². The van der Waals surface area contributed by atoms with E-state index >= 15 is 0 Å². The molecule has 0 aromatic rings. The number of ether oxygens (including phenoxy) is 8. The molecule has 4 unspecified atom stereocenters. The fraction of sp³-hybridized carbons (Fsp3) is 1.00. The lowest BCUT2D eigenvalue weighted by Gasteiger charge is -2.37. The average molecular weight is 505 g/mol. The molecule has 33 heavy (non-hydrogen) atoms. The highest BCUT2D eigenvalue weighted by molar-refractivity contribution is 6.53. The summed E-state index contributed by atoms with van der Waals surface area (Å²) in [5, 5.41) is 0. The second-order valence-corrected chi connectivity index (χ2v) is 8.28. The summed E-state index contributed by atoms with van der Waals surface area (Å²) < 4.78 is 68.5. The van der Waals surface area contributed by atoms with Crippen LogP contribution in [-0.2, 0) is 55.6 Å². The van der Waals surface area contributed by atoms with E-state index in [2.05, 4.69) is 0 Å². The van der Waals surface area contributed by atoms with E-state index in [1.807, 2.05) is 27.7 Å². The molecule has 0 fully saturated rings. The zero-order valence-electron chi connectivity index (χ0n) is 21.4. The highest BCUT2D eigenvalue weighted by atomic mass is 28.4. The Morgan fingerprint density at radius 2 is 0.636 bits per heavy atom. The van der Waals surface area contributed by atoms with Crippen molar-refractivity contribution in [3.63, 3.8) is 0 Å². The van der Waals surface area contributed by atoms with Gasteiger partial charge in [0.15, 0.2) is 25.2 Å². The van der Waals surface area contributed by atoms with Crippen LogP contribution in [0.1, 0.15) is 27.7 Å². The van der Waals surface area contributed by atoms with Gasteiger partial charge in [-0.15, -0.1) is 0 Å². The van der Waals surface area contributed by atoms with E-state index in [1.54, 1.807) is 0 Å². The molecule has 0 aromatic heterocycles. The van der Waals surface area contributed by atoms with Gasteiger partial charge in [-0.25, -0.2) is 0 Å². The van der Waals surface area contributed by atoms with Gasteiger partial charge in [-0.3, -0.25) is 0 Å². The maximum atomic E-state index is 6.21. The first-order valence-corrected chi connectivity index (χ1v) is 12.7. The van der Waals surface area contributed by atoms with Crippen LogP contribution < -0.4 is 0 Å². The van der Waals surface area contributed by atoms with Crippen LogP contribution >= 0.6 is 0 Å². The third-order valence-corrected chi connectivity index (χ3v) is 5.93. The number of hydrogen-bond donors (Lipinski definition) is 0. The maximum absolute atomic E-state index is 6.21. The molecule has 0 bridgehead atoms. The topological polar surface area (TPSA) is 111 Å². The predicted octanol–water partition coefficient (Wildman–Crippen LogP) is 1.52. The van der Waals surface area contributed by atoms with Crippen LogP contribution in [0.3, 0.4) is 0 Å². The zero-order valence-corrected chi connectivity index (χ0v) is 22.4. The van der Waals surface area contributed by atoms with Crippen molar-refractivity contribution in [2.45, 2.75) is 52.9 Å². The quantitative estimate of drug-likeness (QED) is 0.140. The lowest BCUT2D eigenvalue weighted by atomic mass is 10.7. The average Bonchev–Trinajstić information content (AvgIpc) is 2.75. The Morgan fingerprint density at radius 3 is 0.788 bits per heavy atom. The summed E-state index contributed by atoms with van der Waals surface area (Å²) in [4.78, 5) is 0. The van der Waals surface area contributed by atoms with Crippen molar-refractivity contribution in [2.75, 3.05) is 81.3 Å². The Bertz CT molecular complexity index is 332. The standard InChI is InChI=1S/C20H44O12Si/c1-9-25-17(13-21-5)29-33(30-18(14-22-6)26-10-2,31-19(15-23-7)27-11-3)32-20(16-24-8)28-12-4/h17-20H,9-16H2,1-8H3. The van der Waals surface area contributed by atoms with Crippen molar-refractivity contribution in [1.29, 1.82) is 0 Å². The van der Waals surface area contributed by atoms with Crippen LogP contribution in [0.25, 0.3) is 0 Å². The van der Waals surface area contributed by atoms with Gasteiger partial charge in [0.25, 0.3) is 0 Å². The molecule has 0 rings (SSSR count). The molecule has 13 heteroatoms. The van der Waals surface area contributed by atoms with Crippen molar-refractivity contribution >= 4 is 9.05 Å². The Morgan fingerprint density at radius 1 is 0.424 bits per heavy atom. The molecule has 0 saturated carbocycles. The van der Waals surface area contributed by atoms with Gasteiger partial charge in [-0.2, -0.15) is 0 Å². The first kappa shape index (κ1) is 32.7. The number of hydrogen-bond acceptors (Lipinski definition) is 12. The van der Waals surface area contributed by atoms with Crippen LogP contribution in [0.2, 0.25) is 0 Å². The molecule has 200 valence electrons. The first-order valence-electron chi connectivity index (χ1n) is 11.1. The molecular weight excluding hydrogens is 460 g/mol. The monoisotopic (exact) mass is 504 g/mol. The summed E-state index contributed by atoms with van der Waals surface area (Å²) in [6.07, 6.45) is -3.48. The van der Waals surface area contributed by atoms with Crippen molar-refractivity contribution in [2.24, 2.45) is 0 Å². The largest absolute Gasteiger partial charge is 0.687 e. The third-order valence-electron chi connectivity index (χ3n) is 3.72. The van der Waals surface area contributed by atoms with Crippen LogP contribution in [0.5, 0.6) is 0 Å². The van der Waals surface area contributed by atoms with Crippen LogP contribution in [-0.4, -0.2) is 116 Å². The van der Waals surface area contributed by atoms with E-state index in [4.69, 9.17) is 55.6 Å². The lowest BCUT2D eigenvalue weighted by Crippen LogP contribution is -2.60. The smallest absolute Gasteiger partial charge is 0.379 e. The normalized spacial score (nSPS) is 17.5. The van der Waals surface area contributed by atoms with E-state index in [0.717, 1.165) is 0 Å². The van der Waals surface area contributed by atoms with Gasteiger partial charge < -0.3 is 55.6 Å². The Balaban J connectivity index is 6.26.